The number of ether oxygens (including phenoxy) is 1. The van der Waals surface area contributed by atoms with Gasteiger partial charge in [0, 0.05) is 17.3 Å². The van der Waals surface area contributed by atoms with Gasteiger partial charge in [0.15, 0.2) is 0 Å². The molecule has 0 bridgehead atoms. The molecule has 0 amide bonds. The minimum atomic E-state index is -2.97. The quantitative estimate of drug-likeness (QED) is 0.728. The fourth-order valence-corrected chi connectivity index (χ4v) is 0.892. The molecule has 2 N–H and O–H groups in total. The van der Waals surface area contributed by atoms with Crippen LogP contribution in [0.25, 0.3) is 0 Å². The van der Waals surface area contributed by atoms with E-state index < -0.39 is 12.4 Å². The maximum Gasteiger partial charge on any atom is 0.387 e. The molecule has 1 rings (SSSR count). The van der Waals surface area contributed by atoms with E-state index in [0.29, 0.717) is 0 Å². The molecule has 0 radical (unpaired) electrons. The van der Waals surface area contributed by atoms with Crippen LogP contribution in [0.5, 0.6) is 5.75 Å². The van der Waals surface area contributed by atoms with Crippen LogP contribution in [0.2, 0.25) is 0 Å². The molecule has 0 unspecified atom stereocenters. The Morgan fingerprint density at radius 2 is 2.00 bits per heavy atom. The smallest absolute Gasteiger partial charge is 0.387 e. The average Bonchev–Trinajstić information content (AvgIpc) is 1.98. The van der Waals surface area contributed by atoms with Gasteiger partial charge >= 0.3 is 6.61 Å². The second kappa shape index (κ2) is 3.55. The van der Waals surface area contributed by atoms with Gasteiger partial charge < -0.3 is 10.5 Å². The van der Waals surface area contributed by atoms with E-state index in [-0.39, 0.29) is 17.0 Å². The van der Waals surface area contributed by atoms with E-state index in [2.05, 4.69) is 4.74 Å². The van der Waals surface area contributed by atoms with E-state index >= 15 is 0 Å². The number of alkyl halides is 2. The topological polar surface area (TPSA) is 35.2 Å². The van der Waals surface area contributed by atoms with Gasteiger partial charge in [0.1, 0.15) is 11.6 Å². The minimum Gasteiger partial charge on any atom is -0.434 e. The summed E-state index contributed by atoms with van der Waals surface area (Å²) in [6, 6.07) is 2.21. The van der Waals surface area contributed by atoms with Crippen molar-refractivity contribution in [3.8, 4) is 5.75 Å². The predicted molar refractivity (Wildman–Crippen MR) is 42.2 cm³/mol. The van der Waals surface area contributed by atoms with Crippen molar-refractivity contribution >= 4 is 5.69 Å². The molecule has 0 aliphatic carbocycles. The summed E-state index contributed by atoms with van der Waals surface area (Å²) < 4.78 is 40.5. The fourth-order valence-electron chi connectivity index (χ4n) is 0.892. The highest BCUT2D eigenvalue weighted by Crippen LogP contribution is 2.25. The van der Waals surface area contributed by atoms with Crippen molar-refractivity contribution in [1.82, 2.24) is 0 Å². The maximum absolute atomic E-state index is 12.9. The van der Waals surface area contributed by atoms with Crippen LogP contribution >= 0.6 is 0 Å². The Morgan fingerprint density at radius 1 is 1.38 bits per heavy atom. The lowest BCUT2D eigenvalue weighted by Crippen LogP contribution is -2.05. The Morgan fingerprint density at radius 3 is 2.54 bits per heavy atom. The molecular formula is C8H8F3NO. The van der Waals surface area contributed by atoms with Crippen LogP contribution in [0.1, 0.15) is 5.56 Å². The predicted octanol–water partition coefficient (Wildman–Crippen LogP) is 2.32. The standard InChI is InChI=1S/C8H8F3NO/c1-4-6(9)2-5(12)3-7(4)13-8(10)11/h2-3,8H,12H2,1H3. The number of anilines is 1. The SMILES string of the molecule is Cc1c(F)cc(N)cc1OC(F)F. The van der Waals surface area contributed by atoms with Gasteiger partial charge in [-0.25, -0.2) is 4.39 Å². The number of hydrogen-bond acceptors (Lipinski definition) is 2. The molecule has 0 aromatic heterocycles. The third kappa shape index (κ3) is 2.27. The van der Waals surface area contributed by atoms with Gasteiger partial charge in [0.2, 0.25) is 0 Å². The summed E-state index contributed by atoms with van der Waals surface area (Å²) in [5.74, 6) is -0.886. The Balaban J connectivity index is 3.05. The lowest BCUT2D eigenvalue weighted by molar-refractivity contribution is -0.0504. The molecule has 0 spiro atoms. The number of rotatable bonds is 2. The summed E-state index contributed by atoms with van der Waals surface area (Å²) >= 11 is 0. The second-order valence-electron chi connectivity index (χ2n) is 2.50. The van der Waals surface area contributed by atoms with Crippen molar-refractivity contribution in [1.29, 1.82) is 0 Å². The van der Waals surface area contributed by atoms with Crippen molar-refractivity contribution < 1.29 is 17.9 Å². The van der Waals surface area contributed by atoms with Crippen LogP contribution in [0.3, 0.4) is 0 Å². The number of halogens is 3. The third-order valence-electron chi connectivity index (χ3n) is 1.54. The van der Waals surface area contributed by atoms with E-state index in [1.54, 1.807) is 0 Å². The molecule has 2 nitrogen and oxygen atoms in total. The van der Waals surface area contributed by atoms with Crippen molar-refractivity contribution in [3.63, 3.8) is 0 Å². The van der Waals surface area contributed by atoms with Crippen LogP contribution in [0.4, 0.5) is 18.9 Å². The molecule has 1 aromatic rings. The molecule has 1 aromatic carbocycles. The lowest BCUT2D eigenvalue weighted by atomic mass is 10.2. The van der Waals surface area contributed by atoms with Crippen LogP contribution in [0, 0.1) is 12.7 Å². The minimum absolute atomic E-state index is 0.0227. The Kier molecular flexibility index (Phi) is 2.65. The number of nitrogens with two attached hydrogens (primary N) is 1. The Bertz CT molecular complexity index is 315. The van der Waals surface area contributed by atoms with E-state index in [0.717, 1.165) is 12.1 Å². The van der Waals surface area contributed by atoms with Crippen molar-refractivity contribution in [3.05, 3.63) is 23.5 Å². The summed E-state index contributed by atoms with van der Waals surface area (Å²) in [6.07, 6.45) is 0. The first kappa shape index (κ1) is 9.70. The van der Waals surface area contributed by atoms with Gasteiger partial charge in [-0.1, -0.05) is 0 Å². The Labute approximate surface area is 73.1 Å². The first-order valence-electron chi connectivity index (χ1n) is 3.51. The molecule has 0 saturated carbocycles. The molecule has 0 saturated heterocycles. The summed E-state index contributed by atoms with van der Waals surface area (Å²) in [4.78, 5) is 0. The first-order chi connectivity index (χ1) is 6.00. The number of hydrogen-bond donors (Lipinski definition) is 1. The normalized spacial score (nSPS) is 10.5. The van der Waals surface area contributed by atoms with Gasteiger partial charge in [-0.05, 0) is 13.0 Å². The largest absolute Gasteiger partial charge is 0.434 e. The highest BCUT2D eigenvalue weighted by atomic mass is 19.3. The highest BCUT2D eigenvalue weighted by Gasteiger charge is 2.11. The van der Waals surface area contributed by atoms with E-state index in [9.17, 15) is 13.2 Å². The van der Waals surface area contributed by atoms with Crippen LogP contribution < -0.4 is 10.5 Å². The fraction of sp³-hybridized carbons (Fsp3) is 0.250. The Hall–Kier alpha value is -1.39. The summed E-state index contributed by atoms with van der Waals surface area (Å²) in [5.41, 5.74) is 5.32. The van der Waals surface area contributed by atoms with Crippen LogP contribution in [-0.2, 0) is 0 Å². The highest BCUT2D eigenvalue weighted by molar-refractivity contribution is 5.48. The molecule has 0 aliphatic rings. The zero-order valence-corrected chi connectivity index (χ0v) is 6.85. The van der Waals surface area contributed by atoms with Gasteiger partial charge in [-0.2, -0.15) is 8.78 Å². The van der Waals surface area contributed by atoms with Crippen molar-refractivity contribution in [2.24, 2.45) is 0 Å². The molecule has 0 heterocycles. The zero-order valence-electron chi connectivity index (χ0n) is 6.85. The number of nitrogen functional groups attached to an aromatic ring is 1. The lowest BCUT2D eigenvalue weighted by Gasteiger charge is -2.08. The monoisotopic (exact) mass is 191 g/mol. The molecule has 72 valence electrons. The molecule has 13 heavy (non-hydrogen) atoms. The zero-order chi connectivity index (χ0) is 10.0. The van der Waals surface area contributed by atoms with E-state index in [1.165, 1.54) is 6.92 Å². The van der Waals surface area contributed by atoms with Crippen molar-refractivity contribution in [2.45, 2.75) is 13.5 Å². The third-order valence-corrected chi connectivity index (χ3v) is 1.54. The molecule has 0 fully saturated rings. The van der Waals surface area contributed by atoms with Gasteiger partial charge in [0.25, 0.3) is 0 Å². The van der Waals surface area contributed by atoms with Gasteiger partial charge in [-0.3, -0.25) is 0 Å². The van der Waals surface area contributed by atoms with Crippen LogP contribution in [-0.4, -0.2) is 6.61 Å². The molecule has 0 atom stereocenters. The summed E-state index contributed by atoms with van der Waals surface area (Å²) in [6.45, 7) is -1.63. The summed E-state index contributed by atoms with van der Waals surface area (Å²) in [5, 5.41) is 0. The maximum atomic E-state index is 12.9. The van der Waals surface area contributed by atoms with Gasteiger partial charge in [0.05, 0.1) is 0 Å². The molecular weight excluding hydrogens is 183 g/mol. The summed E-state index contributed by atoms with van der Waals surface area (Å²) in [7, 11) is 0. The van der Waals surface area contributed by atoms with E-state index in [1.807, 2.05) is 0 Å². The van der Waals surface area contributed by atoms with Crippen molar-refractivity contribution in [2.75, 3.05) is 5.73 Å². The van der Waals surface area contributed by atoms with Crippen LogP contribution in [0.15, 0.2) is 12.1 Å². The molecule has 5 heteroatoms. The number of benzene rings is 1. The van der Waals surface area contributed by atoms with Gasteiger partial charge in [-0.15, -0.1) is 0 Å². The average molecular weight is 191 g/mol. The first-order valence-corrected chi connectivity index (χ1v) is 3.51. The second-order valence-corrected chi connectivity index (χ2v) is 2.50. The van der Waals surface area contributed by atoms with E-state index in [4.69, 9.17) is 5.73 Å². The molecule has 0 aliphatic heterocycles.